The van der Waals surface area contributed by atoms with E-state index in [2.05, 4.69) is 40.3 Å². The summed E-state index contributed by atoms with van der Waals surface area (Å²) in [6.45, 7) is 15.8. The van der Waals surface area contributed by atoms with E-state index < -0.39 is 0 Å². The number of likely N-dealkylation sites (tertiary alicyclic amines) is 2. The van der Waals surface area contributed by atoms with Gasteiger partial charge in [0.2, 0.25) is 0 Å². The molecular formula is C40H52ClN4O4. The van der Waals surface area contributed by atoms with Crippen LogP contribution in [-0.4, -0.2) is 85.0 Å². The predicted molar refractivity (Wildman–Crippen MR) is 199 cm³/mol. The molecule has 0 spiro atoms. The van der Waals surface area contributed by atoms with E-state index in [1.807, 2.05) is 42.5 Å². The lowest BCUT2D eigenvalue weighted by Gasteiger charge is -2.18. The van der Waals surface area contributed by atoms with Crippen molar-refractivity contribution in [2.24, 2.45) is 0 Å². The minimum Gasteiger partial charge on any atom is -0.493 e. The molecule has 0 saturated carbocycles. The SMILES string of the molecule is [CH2]CCOc1cc(OCCN2CCCC2)cc2c1nc(-c1ccc(OCCc3ccc(Cl)cc3)cc1OCCN1CCCC1)n2CCCC. The van der Waals surface area contributed by atoms with Crippen LogP contribution in [0.5, 0.6) is 23.0 Å². The Bertz CT molecular complexity index is 1610. The summed E-state index contributed by atoms with van der Waals surface area (Å²) in [5, 5.41) is 0.739. The monoisotopic (exact) mass is 687 g/mol. The number of aryl methyl sites for hydroxylation is 1. The fourth-order valence-corrected chi connectivity index (χ4v) is 6.84. The normalized spacial score (nSPS) is 15.3. The van der Waals surface area contributed by atoms with Crippen molar-refractivity contribution in [1.82, 2.24) is 19.4 Å². The second-order valence-electron chi connectivity index (χ2n) is 13.1. The molecule has 0 unspecified atom stereocenters. The zero-order valence-corrected chi connectivity index (χ0v) is 29.9. The number of fused-ring (bicyclic) bond motifs is 1. The van der Waals surface area contributed by atoms with Gasteiger partial charge in [0.15, 0.2) is 5.75 Å². The number of ether oxygens (including phenoxy) is 4. The maximum Gasteiger partial charge on any atom is 0.150 e. The molecule has 2 aliphatic heterocycles. The summed E-state index contributed by atoms with van der Waals surface area (Å²) in [5.41, 5.74) is 3.97. The minimum absolute atomic E-state index is 0.510. The summed E-state index contributed by atoms with van der Waals surface area (Å²) >= 11 is 6.08. The Hall–Kier alpha value is -3.46. The van der Waals surface area contributed by atoms with Gasteiger partial charge in [-0.25, -0.2) is 4.98 Å². The van der Waals surface area contributed by atoms with E-state index in [1.54, 1.807) is 0 Å². The molecule has 9 heteroatoms. The molecule has 0 aliphatic carbocycles. The smallest absolute Gasteiger partial charge is 0.150 e. The van der Waals surface area contributed by atoms with E-state index >= 15 is 0 Å². The third-order valence-corrected chi connectivity index (χ3v) is 9.69. The number of rotatable bonds is 19. The van der Waals surface area contributed by atoms with E-state index in [9.17, 15) is 0 Å². The van der Waals surface area contributed by atoms with Crippen LogP contribution in [0, 0.1) is 6.92 Å². The van der Waals surface area contributed by atoms with E-state index in [-0.39, 0.29) is 0 Å². The first kappa shape index (κ1) is 35.4. The summed E-state index contributed by atoms with van der Waals surface area (Å²) in [7, 11) is 0. The van der Waals surface area contributed by atoms with Crippen molar-refractivity contribution in [3.63, 3.8) is 0 Å². The standard InChI is InChI=1S/C40H52ClN4O4/c1-3-5-21-45-36-28-34(47-26-22-43-17-6-7-18-43)30-38(48-24-4-2)39(36)42-40(45)35-15-14-33(46-25-16-31-10-12-32(41)13-11-31)29-37(35)49-27-23-44-19-8-9-20-44/h10-15,28-30H,2-9,16-27H2,1H3. The van der Waals surface area contributed by atoms with Gasteiger partial charge in [-0.3, -0.25) is 9.80 Å². The number of hydrogen-bond donors (Lipinski definition) is 0. The van der Waals surface area contributed by atoms with Gasteiger partial charge in [0.05, 0.1) is 24.3 Å². The van der Waals surface area contributed by atoms with Crippen LogP contribution in [0.25, 0.3) is 22.4 Å². The minimum atomic E-state index is 0.510. The van der Waals surface area contributed by atoms with Crippen molar-refractivity contribution in [1.29, 1.82) is 0 Å². The highest BCUT2D eigenvalue weighted by molar-refractivity contribution is 6.30. The quantitative estimate of drug-likeness (QED) is 0.0982. The lowest BCUT2D eigenvalue weighted by molar-refractivity contribution is 0.237. The molecule has 4 aromatic rings. The molecule has 263 valence electrons. The van der Waals surface area contributed by atoms with Gasteiger partial charge in [0.25, 0.3) is 0 Å². The average molecular weight is 688 g/mol. The molecule has 0 amide bonds. The molecule has 0 atom stereocenters. The van der Waals surface area contributed by atoms with Crippen molar-refractivity contribution in [3.8, 4) is 34.4 Å². The predicted octanol–water partition coefficient (Wildman–Crippen LogP) is 8.33. The molecular weight excluding hydrogens is 636 g/mol. The van der Waals surface area contributed by atoms with Gasteiger partial charge in [-0.15, -0.1) is 0 Å². The molecule has 0 N–H and O–H groups in total. The molecule has 6 rings (SSSR count). The van der Waals surface area contributed by atoms with Crippen molar-refractivity contribution in [3.05, 3.63) is 72.1 Å². The summed E-state index contributed by atoms with van der Waals surface area (Å²) in [4.78, 5) is 10.2. The van der Waals surface area contributed by atoms with Gasteiger partial charge in [0.1, 0.15) is 41.8 Å². The third-order valence-electron chi connectivity index (χ3n) is 9.44. The third kappa shape index (κ3) is 9.62. The number of aromatic nitrogens is 2. The number of hydrogen-bond acceptors (Lipinski definition) is 7. The first-order valence-electron chi connectivity index (χ1n) is 18.3. The summed E-state index contributed by atoms with van der Waals surface area (Å²) < 4.78 is 27.8. The lowest BCUT2D eigenvalue weighted by Crippen LogP contribution is -2.25. The van der Waals surface area contributed by atoms with Crippen molar-refractivity contribution in [2.75, 3.05) is 65.7 Å². The summed E-state index contributed by atoms with van der Waals surface area (Å²) in [6.07, 6.45) is 8.59. The molecule has 3 heterocycles. The maximum absolute atomic E-state index is 6.59. The van der Waals surface area contributed by atoms with Crippen molar-refractivity contribution in [2.45, 2.75) is 64.8 Å². The van der Waals surface area contributed by atoms with E-state index in [4.69, 9.17) is 35.5 Å². The Balaban J connectivity index is 1.31. The molecule has 8 nitrogen and oxygen atoms in total. The van der Waals surface area contributed by atoms with Crippen molar-refractivity contribution >= 4 is 22.6 Å². The Kier molecular flexibility index (Phi) is 13.0. The second-order valence-corrected chi connectivity index (χ2v) is 13.5. The zero-order chi connectivity index (χ0) is 33.8. The molecule has 3 aromatic carbocycles. The van der Waals surface area contributed by atoms with Crippen molar-refractivity contribution < 1.29 is 18.9 Å². The van der Waals surface area contributed by atoms with Crippen LogP contribution < -0.4 is 18.9 Å². The molecule has 1 aromatic heterocycles. The molecule has 2 fully saturated rings. The first-order chi connectivity index (χ1) is 24.1. The fraction of sp³-hybridized carbons (Fsp3) is 0.500. The van der Waals surface area contributed by atoms with E-state index in [0.717, 1.165) is 116 Å². The Labute approximate surface area is 297 Å². The number of halogens is 1. The largest absolute Gasteiger partial charge is 0.493 e. The van der Waals surface area contributed by atoms with Gasteiger partial charge in [0, 0.05) is 49.3 Å². The molecule has 49 heavy (non-hydrogen) atoms. The number of benzene rings is 3. The van der Waals surface area contributed by atoms with Crippen LogP contribution in [0.4, 0.5) is 0 Å². The van der Waals surface area contributed by atoms with Crippen LogP contribution in [0.2, 0.25) is 5.02 Å². The van der Waals surface area contributed by atoms with Gasteiger partial charge < -0.3 is 23.5 Å². The fourth-order valence-electron chi connectivity index (χ4n) is 6.71. The summed E-state index contributed by atoms with van der Waals surface area (Å²) in [5.74, 6) is 3.95. The average Bonchev–Trinajstić information content (AvgIpc) is 3.90. The number of nitrogens with zero attached hydrogens (tertiary/aromatic N) is 4. The first-order valence-corrected chi connectivity index (χ1v) is 18.7. The summed E-state index contributed by atoms with van der Waals surface area (Å²) in [6, 6.07) is 18.2. The van der Waals surface area contributed by atoms with Crippen LogP contribution in [-0.2, 0) is 13.0 Å². The second kappa shape index (κ2) is 18.0. The lowest BCUT2D eigenvalue weighted by atomic mass is 10.1. The Morgan fingerprint density at radius 1 is 0.714 bits per heavy atom. The van der Waals surface area contributed by atoms with Crippen LogP contribution in [0.3, 0.4) is 0 Å². The van der Waals surface area contributed by atoms with Crippen LogP contribution in [0.15, 0.2) is 54.6 Å². The topological polar surface area (TPSA) is 61.2 Å². The van der Waals surface area contributed by atoms with E-state index in [1.165, 1.54) is 31.2 Å². The molecule has 2 saturated heterocycles. The number of imidazole rings is 1. The highest BCUT2D eigenvalue weighted by Gasteiger charge is 2.22. The van der Waals surface area contributed by atoms with Gasteiger partial charge in [-0.1, -0.05) is 37.1 Å². The highest BCUT2D eigenvalue weighted by atomic mass is 35.5. The van der Waals surface area contributed by atoms with Crippen LogP contribution >= 0.6 is 11.6 Å². The zero-order valence-electron chi connectivity index (χ0n) is 29.1. The van der Waals surface area contributed by atoms with Crippen LogP contribution in [0.1, 0.15) is 57.4 Å². The van der Waals surface area contributed by atoms with Gasteiger partial charge in [-0.05, 0) is 101 Å². The van der Waals surface area contributed by atoms with E-state index in [0.29, 0.717) is 32.8 Å². The molecule has 0 bridgehead atoms. The number of unbranched alkanes of at least 4 members (excludes halogenated alkanes) is 1. The maximum atomic E-state index is 6.59. The molecule has 2 aliphatic rings. The Morgan fingerprint density at radius 2 is 1.37 bits per heavy atom. The van der Waals surface area contributed by atoms with Gasteiger partial charge >= 0.3 is 0 Å². The molecule has 1 radical (unpaired) electrons. The highest BCUT2D eigenvalue weighted by Crippen LogP contribution is 2.39. The Morgan fingerprint density at radius 3 is 2.06 bits per heavy atom. The van der Waals surface area contributed by atoms with Gasteiger partial charge in [-0.2, -0.15) is 0 Å².